The van der Waals surface area contributed by atoms with Crippen molar-refractivity contribution in [3.05, 3.63) is 52.2 Å². The maximum Gasteiger partial charge on any atom is 0.120 e. The standard InChI is InChI=1S/C17H21NOS/c19-16-9-4-3-7-14(16)13-18-11-5-1-2-8-15(18)17-10-6-12-20-17/h3-4,6-7,9-10,12,15,19H,1-2,5,8,11,13H2/t15-/m1/s1. The number of para-hydroxylation sites is 1. The third-order valence-electron chi connectivity index (χ3n) is 4.10. The zero-order valence-electron chi connectivity index (χ0n) is 11.7. The molecule has 106 valence electrons. The van der Waals surface area contributed by atoms with E-state index in [0.717, 1.165) is 18.7 Å². The fourth-order valence-electron chi connectivity index (χ4n) is 3.02. The molecule has 1 atom stereocenters. The molecule has 1 N–H and O–H groups in total. The van der Waals surface area contributed by atoms with Gasteiger partial charge in [-0.1, -0.05) is 37.1 Å². The minimum absolute atomic E-state index is 0.418. The molecule has 2 aromatic rings. The molecule has 1 aromatic carbocycles. The molecule has 3 rings (SSSR count). The number of aromatic hydroxyl groups is 1. The van der Waals surface area contributed by atoms with Gasteiger partial charge in [-0.3, -0.25) is 4.90 Å². The maximum atomic E-state index is 10.0. The summed E-state index contributed by atoms with van der Waals surface area (Å²) < 4.78 is 0. The van der Waals surface area contributed by atoms with Crippen LogP contribution in [0.3, 0.4) is 0 Å². The minimum Gasteiger partial charge on any atom is -0.508 e. The van der Waals surface area contributed by atoms with Crippen LogP contribution in [0.25, 0.3) is 0 Å². The summed E-state index contributed by atoms with van der Waals surface area (Å²) in [6.07, 6.45) is 5.11. The number of nitrogens with zero attached hydrogens (tertiary/aromatic N) is 1. The first kappa shape index (κ1) is 13.7. The van der Waals surface area contributed by atoms with Gasteiger partial charge in [0.1, 0.15) is 5.75 Å². The van der Waals surface area contributed by atoms with E-state index >= 15 is 0 Å². The predicted molar refractivity (Wildman–Crippen MR) is 84.0 cm³/mol. The summed E-state index contributed by atoms with van der Waals surface area (Å²) >= 11 is 1.85. The van der Waals surface area contributed by atoms with Gasteiger partial charge in [0.25, 0.3) is 0 Å². The van der Waals surface area contributed by atoms with E-state index in [1.807, 2.05) is 29.5 Å². The molecule has 0 spiro atoms. The molecular formula is C17H21NOS. The van der Waals surface area contributed by atoms with E-state index in [-0.39, 0.29) is 0 Å². The van der Waals surface area contributed by atoms with Gasteiger partial charge in [-0.15, -0.1) is 11.3 Å². The Kier molecular flexibility index (Phi) is 4.38. The van der Waals surface area contributed by atoms with Crippen molar-refractivity contribution in [1.29, 1.82) is 0 Å². The monoisotopic (exact) mass is 287 g/mol. The lowest BCUT2D eigenvalue weighted by molar-refractivity contribution is 0.193. The summed E-state index contributed by atoms with van der Waals surface area (Å²) in [5.74, 6) is 0.418. The quantitative estimate of drug-likeness (QED) is 0.893. The fourth-order valence-corrected chi connectivity index (χ4v) is 3.92. The first-order chi connectivity index (χ1) is 9.84. The van der Waals surface area contributed by atoms with Crippen LogP contribution >= 0.6 is 11.3 Å². The highest BCUT2D eigenvalue weighted by atomic mass is 32.1. The normalized spacial score (nSPS) is 20.7. The Morgan fingerprint density at radius 1 is 1.10 bits per heavy atom. The fraction of sp³-hybridized carbons (Fsp3) is 0.412. The third-order valence-corrected chi connectivity index (χ3v) is 5.07. The van der Waals surface area contributed by atoms with Gasteiger partial charge in [-0.2, -0.15) is 0 Å². The highest BCUT2D eigenvalue weighted by Gasteiger charge is 2.23. The molecule has 1 saturated heterocycles. The van der Waals surface area contributed by atoms with Gasteiger partial charge < -0.3 is 5.11 Å². The molecule has 3 heteroatoms. The average molecular weight is 287 g/mol. The van der Waals surface area contributed by atoms with Gasteiger partial charge >= 0.3 is 0 Å². The molecule has 1 aromatic heterocycles. The second-order valence-corrected chi connectivity index (χ2v) is 6.46. The number of rotatable bonds is 3. The van der Waals surface area contributed by atoms with Crippen molar-refractivity contribution in [3.8, 4) is 5.75 Å². The van der Waals surface area contributed by atoms with Crippen LogP contribution in [0.2, 0.25) is 0 Å². The number of phenolic OH excluding ortho intramolecular Hbond substituents is 1. The van der Waals surface area contributed by atoms with Crippen LogP contribution in [0, 0.1) is 0 Å². The molecule has 2 heterocycles. The van der Waals surface area contributed by atoms with Gasteiger partial charge in [0, 0.05) is 23.0 Å². The second-order valence-electron chi connectivity index (χ2n) is 5.48. The Labute approximate surface area is 124 Å². The number of hydrogen-bond acceptors (Lipinski definition) is 3. The summed E-state index contributed by atoms with van der Waals surface area (Å²) in [6.45, 7) is 1.96. The van der Waals surface area contributed by atoms with Crippen molar-refractivity contribution in [2.24, 2.45) is 0 Å². The van der Waals surface area contributed by atoms with Crippen molar-refractivity contribution in [3.63, 3.8) is 0 Å². The molecular weight excluding hydrogens is 266 g/mol. The molecule has 1 fully saturated rings. The van der Waals surface area contributed by atoms with E-state index in [9.17, 15) is 5.11 Å². The molecule has 2 nitrogen and oxygen atoms in total. The van der Waals surface area contributed by atoms with Crippen LogP contribution < -0.4 is 0 Å². The zero-order chi connectivity index (χ0) is 13.8. The van der Waals surface area contributed by atoms with Crippen molar-refractivity contribution >= 4 is 11.3 Å². The summed E-state index contributed by atoms with van der Waals surface area (Å²) in [6, 6.07) is 12.6. The minimum atomic E-state index is 0.418. The average Bonchev–Trinajstić information content (AvgIpc) is 2.89. The lowest BCUT2D eigenvalue weighted by Crippen LogP contribution is -2.27. The van der Waals surface area contributed by atoms with E-state index in [4.69, 9.17) is 0 Å². The van der Waals surface area contributed by atoms with Crippen molar-refractivity contribution in [1.82, 2.24) is 4.90 Å². The SMILES string of the molecule is Oc1ccccc1CN1CCCCC[C@@H]1c1cccs1. The molecule has 0 saturated carbocycles. The molecule has 0 bridgehead atoms. The largest absolute Gasteiger partial charge is 0.508 e. The van der Waals surface area contributed by atoms with Crippen molar-refractivity contribution < 1.29 is 5.11 Å². The lowest BCUT2D eigenvalue weighted by Gasteiger charge is -2.29. The van der Waals surface area contributed by atoms with Crippen LogP contribution in [-0.2, 0) is 6.54 Å². The van der Waals surface area contributed by atoms with Gasteiger partial charge in [0.2, 0.25) is 0 Å². The van der Waals surface area contributed by atoms with Crippen molar-refractivity contribution in [2.75, 3.05) is 6.54 Å². The summed E-state index contributed by atoms with van der Waals surface area (Å²) in [4.78, 5) is 4.00. The predicted octanol–water partition coefficient (Wildman–Crippen LogP) is 4.57. The van der Waals surface area contributed by atoms with Crippen molar-refractivity contribution in [2.45, 2.75) is 38.3 Å². The summed E-state index contributed by atoms with van der Waals surface area (Å²) in [5, 5.41) is 12.2. The Balaban J connectivity index is 1.82. The molecule has 1 aliphatic rings. The topological polar surface area (TPSA) is 23.5 Å². The zero-order valence-corrected chi connectivity index (χ0v) is 12.5. The number of hydrogen-bond donors (Lipinski definition) is 1. The van der Waals surface area contributed by atoms with E-state index in [1.165, 1.54) is 30.6 Å². The third kappa shape index (κ3) is 3.05. The number of thiophene rings is 1. The van der Waals surface area contributed by atoms with Crippen LogP contribution in [0.4, 0.5) is 0 Å². The van der Waals surface area contributed by atoms with Gasteiger partial charge in [0.15, 0.2) is 0 Å². The lowest BCUT2D eigenvalue weighted by atomic mass is 10.1. The number of benzene rings is 1. The molecule has 1 aliphatic heterocycles. The van der Waals surface area contributed by atoms with Gasteiger partial charge in [-0.25, -0.2) is 0 Å². The number of phenols is 1. The van der Waals surface area contributed by atoms with E-state index in [2.05, 4.69) is 22.4 Å². The molecule has 20 heavy (non-hydrogen) atoms. The van der Waals surface area contributed by atoms with Crippen LogP contribution in [-0.4, -0.2) is 16.6 Å². The molecule has 0 aliphatic carbocycles. The number of likely N-dealkylation sites (tertiary alicyclic amines) is 1. The Hall–Kier alpha value is -1.32. The Morgan fingerprint density at radius 2 is 2.00 bits per heavy atom. The van der Waals surface area contributed by atoms with Crippen LogP contribution in [0.15, 0.2) is 41.8 Å². The molecule has 0 unspecified atom stereocenters. The Morgan fingerprint density at radius 3 is 2.80 bits per heavy atom. The van der Waals surface area contributed by atoms with Crippen LogP contribution in [0.5, 0.6) is 5.75 Å². The second kappa shape index (κ2) is 6.42. The molecule has 0 amide bonds. The summed E-state index contributed by atoms with van der Waals surface area (Å²) in [5.41, 5.74) is 1.04. The smallest absolute Gasteiger partial charge is 0.120 e. The van der Waals surface area contributed by atoms with Gasteiger partial charge in [0.05, 0.1) is 0 Å². The highest BCUT2D eigenvalue weighted by molar-refractivity contribution is 7.10. The molecule has 0 radical (unpaired) electrons. The van der Waals surface area contributed by atoms with Crippen LogP contribution in [0.1, 0.15) is 42.2 Å². The Bertz CT molecular complexity index is 538. The van der Waals surface area contributed by atoms with E-state index in [0.29, 0.717) is 11.8 Å². The maximum absolute atomic E-state index is 10.0. The first-order valence-electron chi connectivity index (χ1n) is 7.39. The summed E-state index contributed by atoms with van der Waals surface area (Å²) in [7, 11) is 0. The first-order valence-corrected chi connectivity index (χ1v) is 8.27. The van der Waals surface area contributed by atoms with E-state index < -0.39 is 0 Å². The highest BCUT2D eigenvalue weighted by Crippen LogP contribution is 2.34. The van der Waals surface area contributed by atoms with Gasteiger partial charge in [-0.05, 0) is 36.9 Å². The van der Waals surface area contributed by atoms with E-state index in [1.54, 1.807) is 6.07 Å².